The van der Waals surface area contributed by atoms with E-state index in [0.29, 0.717) is 36.2 Å². The highest BCUT2D eigenvalue weighted by molar-refractivity contribution is 5.77. The van der Waals surface area contributed by atoms with E-state index in [1.54, 1.807) is 14.2 Å². The van der Waals surface area contributed by atoms with Gasteiger partial charge in [-0.15, -0.1) is 0 Å². The number of nitrogens with zero attached hydrogens (tertiary/aromatic N) is 5. The van der Waals surface area contributed by atoms with Crippen LogP contribution >= 0.6 is 0 Å². The maximum Gasteiger partial charge on any atom is 0.332 e. The maximum atomic E-state index is 13.2. The number of methoxy groups -OCH3 is 1. The van der Waals surface area contributed by atoms with Crippen molar-refractivity contribution in [1.82, 2.24) is 18.7 Å². The van der Waals surface area contributed by atoms with Gasteiger partial charge < -0.3 is 14.2 Å². The Morgan fingerprint density at radius 3 is 2.68 bits per heavy atom. The third kappa shape index (κ3) is 2.75. The maximum absolute atomic E-state index is 13.2. The van der Waals surface area contributed by atoms with Gasteiger partial charge in [0.25, 0.3) is 5.56 Å². The van der Waals surface area contributed by atoms with Gasteiger partial charge in [0.2, 0.25) is 5.95 Å². The van der Waals surface area contributed by atoms with Gasteiger partial charge in [-0.2, -0.15) is 4.98 Å². The molecule has 0 bridgehead atoms. The van der Waals surface area contributed by atoms with Crippen molar-refractivity contribution in [2.24, 2.45) is 13.0 Å². The molecular weight excluding hydrogens is 358 g/mol. The van der Waals surface area contributed by atoms with Gasteiger partial charge in [-0.1, -0.05) is 25.1 Å². The van der Waals surface area contributed by atoms with E-state index < -0.39 is 0 Å². The number of hydrogen-bond acceptors (Lipinski definition) is 5. The molecule has 0 amide bonds. The first-order valence-electron chi connectivity index (χ1n) is 9.46. The Kier molecular flexibility index (Phi) is 4.58. The SMILES string of the molecule is COCCn1c(=O)c2c(nc3n2CC(C)CN3c2ccccc2C)n(C)c1=O. The van der Waals surface area contributed by atoms with Gasteiger partial charge in [0, 0.05) is 32.9 Å². The quantitative estimate of drug-likeness (QED) is 0.685. The summed E-state index contributed by atoms with van der Waals surface area (Å²) in [6.07, 6.45) is 0. The van der Waals surface area contributed by atoms with E-state index in [4.69, 9.17) is 9.72 Å². The molecule has 0 N–H and O–H groups in total. The highest BCUT2D eigenvalue weighted by atomic mass is 16.5. The van der Waals surface area contributed by atoms with Crippen molar-refractivity contribution in [3.63, 3.8) is 0 Å². The molecule has 1 atom stereocenters. The molecular formula is C20H25N5O3. The zero-order valence-corrected chi connectivity index (χ0v) is 16.7. The summed E-state index contributed by atoms with van der Waals surface area (Å²) >= 11 is 0. The van der Waals surface area contributed by atoms with E-state index >= 15 is 0 Å². The summed E-state index contributed by atoms with van der Waals surface area (Å²) in [6, 6.07) is 8.14. The van der Waals surface area contributed by atoms with Gasteiger partial charge in [-0.25, -0.2) is 4.79 Å². The molecule has 0 radical (unpaired) electrons. The molecule has 1 aromatic carbocycles. The lowest BCUT2D eigenvalue weighted by molar-refractivity contribution is 0.184. The number of rotatable bonds is 4. The van der Waals surface area contributed by atoms with Crippen LogP contribution in [0, 0.1) is 12.8 Å². The fraction of sp³-hybridized carbons (Fsp3) is 0.450. The average molecular weight is 383 g/mol. The lowest BCUT2D eigenvalue weighted by atomic mass is 10.1. The predicted molar refractivity (Wildman–Crippen MR) is 108 cm³/mol. The van der Waals surface area contributed by atoms with Gasteiger partial charge in [0.15, 0.2) is 11.2 Å². The van der Waals surface area contributed by atoms with Crippen LogP contribution in [0.5, 0.6) is 0 Å². The van der Waals surface area contributed by atoms with Gasteiger partial charge >= 0.3 is 5.69 Å². The molecule has 2 aromatic heterocycles. The van der Waals surface area contributed by atoms with E-state index in [0.717, 1.165) is 17.8 Å². The van der Waals surface area contributed by atoms with Crippen molar-refractivity contribution in [2.75, 3.05) is 25.2 Å². The number of imidazole rings is 1. The molecule has 148 valence electrons. The summed E-state index contributed by atoms with van der Waals surface area (Å²) in [6.45, 7) is 6.23. The lowest BCUT2D eigenvalue weighted by Crippen LogP contribution is -2.41. The standard InChI is InChI=1S/C20H25N5O3/c1-13-11-24(15-8-6-5-7-14(15)2)19-21-17-16(25(19)12-13)18(26)23(9-10-28-4)20(27)22(17)3/h5-8,13H,9-12H2,1-4H3. The first kappa shape index (κ1) is 18.5. The highest BCUT2D eigenvalue weighted by Gasteiger charge is 2.30. The first-order valence-corrected chi connectivity index (χ1v) is 9.46. The second kappa shape index (κ2) is 6.94. The summed E-state index contributed by atoms with van der Waals surface area (Å²) in [5, 5.41) is 0. The number of benzene rings is 1. The molecule has 0 aliphatic carbocycles. The number of hydrogen-bond donors (Lipinski definition) is 0. The Bertz CT molecular complexity index is 1160. The first-order chi connectivity index (χ1) is 13.4. The smallest absolute Gasteiger partial charge is 0.332 e. The topological polar surface area (TPSA) is 74.3 Å². The molecule has 1 aliphatic heterocycles. The fourth-order valence-corrected chi connectivity index (χ4v) is 3.95. The van der Waals surface area contributed by atoms with E-state index in [1.807, 2.05) is 16.7 Å². The van der Waals surface area contributed by atoms with Crippen LogP contribution in [-0.2, 0) is 24.9 Å². The van der Waals surface area contributed by atoms with Crippen LogP contribution in [-0.4, -0.2) is 38.9 Å². The zero-order chi connectivity index (χ0) is 20.0. The number of anilines is 2. The Morgan fingerprint density at radius 2 is 1.96 bits per heavy atom. The number of aryl methyl sites for hydroxylation is 2. The summed E-state index contributed by atoms with van der Waals surface area (Å²) < 4.78 is 9.72. The van der Waals surface area contributed by atoms with Crippen molar-refractivity contribution < 1.29 is 4.74 Å². The van der Waals surface area contributed by atoms with Crippen LogP contribution in [0.4, 0.5) is 11.6 Å². The molecule has 28 heavy (non-hydrogen) atoms. The van der Waals surface area contributed by atoms with Gasteiger partial charge in [-0.05, 0) is 24.5 Å². The van der Waals surface area contributed by atoms with Crippen molar-refractivity contribution in [1.29, 1.82) is 0 Å². The van der Waals surface area contributed by atoms with Crippen molar-refractivity contribution in [3.05, 3.63) is 50.7 Å². The lowest BCUT2D eigenvalue weighted by Gasteiger charge is -2.33. The van der Waals surface area contributed by atoms with Gasteiger partial charge in [-0.3, -0.25) is 13.9 Å². The fourth-order valence-electron chi connectivity index (χ4n) is 3.95. The average Bonchev–Trinajstić information content (AvgIpc) is 3.06. The minimum Gasteiger partial charge on any atom is -0.383 e. The number of aromatic nitrogens is 4. The Morgan fingerprint density at radius 1 is 1.21 bits per heavy atom. The predicted octanol–water partition coefficient (Wildman–Crippen LogP) is 1.64. The third-order valence-electron chi connectivity index (χ3n) is 5.37. The largest absolute Gasteiger partial charge is 0.383 e. The summed E-state index contributed by atoms with van der Waals surface area (Å²) in [5.41, 5.74) is 2.41. The van der Waals surface area contributed by atoms with E-state index in [1.165, 1.54) is 9.13 Å². The number of para-hydroxylation sites is 1. The molecule has 3 aromatic rings. The van der Waals surface area contributed by atoms with E-state index in [2.05, 4.69) is 30.9 Å². The Balaban J connectivity index is 2.00. The van der Waals surface area contributed by atoms with E-state index in [9.17, 15) is 9.59 Å². The van der Waals surface area contributed by atoms with Gasteiger partial charge in [0.05, 0.1) is 13.2 Å². The van der Waals surface area contributed by atoms with Gasteiger partial charge in [0.1, 0.15) is 0 Å². The molecule has 8 heteroatoms. The third-order valence-corrected chi connectivity index (χ3v) is 5.37. The molecule has 8 nitrogen and oxygen atoms in total. The Hall–Kier alpha value is -2.87. The number of fused-ring (bicyclic) bond motifs is 3. The second-order valence-electron chi connectivity index (χ2n) is 7.49. The van der Waals surface area contributed by atoms with Crippen LogP contribution in [0.15, 0.2) is 33.9 Å². The molecule has 0 spiro atoms. The second-order valence-corrected chi connectivity index (χ2v) is 7.49. The van der Waals surface area contributed by atoms with Crippen molar-refractivity contribution in [3.8, 4) is 0 Å². The summed E-state index contributed by atoms with van der Waals surface area (Å²) in [7, 11) is 3.21. The monoisotopic (exact) mass is 383 g/mol. The molecule has 0 saturated carbocycles. The molecule has 4 rings (SSSR count). The van der Waals surface area contributed by atoms with Crippen LogP contribution < -0.4 is 16.1 Å². The van der Waals surface area contributed by atoms with Crippen molar-refractivity contribution in [2.45, 2.75) is 26.9 Å². The zero-order valence-electron chi connectivity index (χ0n) is 16.7. The van der Waals surface area contributed by atoms with E-state index in [-0.39, 0.29) is 17.8 Å². The number of ether oxygens (including phenoxy) is 1. The van der Waals surface area contributed by atoms with Crippen molar-refractivity contribution >= 4 is 22.8 Å². The van der Waals surface area contributed by atoms with Crippen LogP contribution in [0.25, 0.3) is 11.2 Å². The van der Waals surface area contributed by atoms with Crippen LogP contribution in [0.1, 0.15) is 12.5 Å². The summed E-state index contributed by atoms with van der Waals surface area (Å²) in [5.74, 6) is 1.03. The molecule has 1 aliphatic rings. The summed E-state index contributed by atoms with van der Waals surface area (Å²) in [4.78, 5) is 32.8. The van der Waals surface area contributed by atoms with Crippen LogP contribution in [0.2, 0.25) is 0 Å². The minimum absolute atomic E-state index is 0.218. The molecule has 0 saturated heterocycles. The molecule has 3 heterocycles. The molecule has 1 unspecified atom stereocenters. The van der Waals surface area contributed by atoms with Crippen LogP contribution in [0.3, 0.4) is 0 Å². The molecule has 0 fully saturated rings. The Labute approximate surface area is 162 Å². The minimum atomic E-state index is -0.375. The highest BCUT2D eigenvalue weighted by Crippen LogP contribution is 2.34. The normalized spacial score (nSPS) is 16.6.